The van der Waals surface area contributed by atoms with Crippen LogP contribution >= 0.6 is 0 Å². The summed E-state index contributed by atoms with van der Waals surface area (Å²) in [6.45, 7) is 1.13. The molecular formula is C14H11F5N2O2. The second-order valence-electron chi connectivity index (χ2n) is 4.50. The Kier molecular flexibility index (Phi) is 4.31. The molecule has 2 N–H and O–H groups in total. The molecule has 0 unspecified atom stereocenters. The molecule has 0 fully saturated rings. The zero-order valence-corrected chi connectivity index (χ0v) is 12.0. The molecule has 2 rings (SSSR count). The molecule has 2 aromatic rings. The lowest BCUT2D eigenvalue weighted by molar-refractivity contribution is -0.141. The Morgan fingerprint density at radius 1 is 1.13 bits per heavy atom. The normalized spacial score (nSPS) is 11.4. The molecule has 0 aliphatic carbocycles. The monoisotopic (exact) mass is 334 g/mol. The number of hydrogen-bond acceptors (Lipinski definition) is 4. The average Bonchev–Trinajstić information content (AvgIpc) is 2.46. The van der Waals surface area contributed by atoms with Gasteiger partial charge in [0.15, 0.2) is 17.3 Å². The Bertz CT molecular complexity index is 747. The van der Waals surface area contributed by atoms with Crippen LogP contribution in [0.3, 0.4) is 0 Å². The van der Waals surface area contributed by atoms with Crippen molar-refractivity contribution in [1.82, 2.24) is 4.98 Å². The summed E-state index contributed by atoms with van der Waals surface area (Å²) in [6, 6.07) is 1.84. The number of alkyl halides is 3. The van der Waals surface area contributed by atoms with Crippen LogP contribution in [0.2, 0.25) is 0 Å². The number of rotatable bonds is 3. The highest BCUT2D eigenvalue weighted by atomic mass is 19.4. The minimum atomic E-state index is -4.67. The highest BCUT2D eigenvalue weighted by Gasteiger charge is 2.35. The Morgan fingerprint density at radius 2 is 1.78 bits per heavy atom. The smallest absolute Gasteiger partial charge is 0.433 e. The van der Waals surface area contributed by atoms with Gasteiger partial charge in [-0.1, -0.05) is 0 Å². The Hall–Kier alpha value is -2.58. The number of nitrogens with zero attached hydrogens (tertiary/aromatic N) is 1. The highest BCUT2D eigenvalue weighted by molar-refractivity contribution is 5.60. The molecule has 1 aromatic heterocycles. The molecule has 1 aromatic carbocycles. The number of pyridine rings is 1. The first-order valence-electron chi connectivity index (χ1n) is 6.19. The maximum atomic E-state index is 13.6. The lowest BCUT2D eigenvalue weighted by atomic mass is 10.1. The van der Waals surface area contributed by atoms with Crippen molar-refractivity contribution < 1.29 is 31.4 Å². The molecule has 124 valence electrons. The second-order valence-corrected chi connectivity index (χ2v) is 4.50. The van der Waals surface area contributed by atoms with Crippen molar-refractivity contribution in [2.75, 3.05) is 12.8 Å². The van der Waals surface area contributed by atoms with E-state index >= 15 is 0 Å². The van der Waals surface area contributed by atoms with Crippen LogP contribution in [0.5, 0.6) is 17.2 Å². The molecule has 0 saturated carbocycles. The van der Waals surface area contributed by atoms with Crippen molar-refractivity contribution in [3.63, 3.8) is 0 Å². The third kappa shape index (κ3) is 3.13. The van der Waals surface area contributed by atoms with E-state index in [1.165, 1.54) is 0 Å². The first kappa shape index (κ1) is 16.8. The topological polar surface area (TPSA) is 57.4 Å². The van der Waals surface area contributed by atoms with Crippen LogP contribution in [0.1, 0.15) is 11.3 Å². The molecule has 0 aliphatic heterocycles. The van der Waals surface area contributed by atoms with Gasteiger partial charge in [-0.2, -0.15) is 17.6 Å². The quantitative estimate of drug-likeness (QED) is 0.860. The molecule has 1 heterocycles. The van der Waals surface area contributed by atoms with E-state index in [1.807, 2.05) is 0 Å². The summed E-state index contributed by atoms with van der Waals surface area (Å²) < 4.78 is 74.9. The van der Waals surface area contributed by atoms with Gasteiger partial charge in [-0.05, 0) is 19.1 Å². The molecule has 9 heteroatoms. The standard InChI is InChI=1S/C14H11F5N2O2/c1-6-11(20)9(5-21-13(6)14(17,18)19)23-8-4-3-7(15)10(16)12(8)22-2/h3-5H,1-2H3,(H2,20,21). The molecule has 23 heavy (non-hydrogen) atoms. The van der Waals surface area contributed by atoms with E-state index in [2.05, 4.69) is 4.98 Å². The average molecular weight is 334 g/mol. The molecule has 0 saturated heterocycles. The van der Waals surface area contributed by atoms with E-state index in [4.69, 9.17) is 15.2 Å². The fourth-order valence-corrected chi connectivity index (χ4v) is 1.87. The number of aromatic nitrogens is 1. The van der Waals surface area contributed by atoms with Gasteiger partial charge in [-0.3, -0.25) is 0 Å². The van der Waals surface area contributed by atoms with Crippen molar-refractivity contribution in [1.29, 1.82) is 0 Å². The van der Waals surface area contributed by atoms with Gasteiger partial charge in [0.1, 0.15) is 5.69 Å². The van der Waals surface area contributed by atoms with Crippen LogP contribution < -0.4 is 15.2 Å². The Labute approximate surface area is 127 Å². The molecular weight excluding hydrogens is 323 g/mol. The number of halogens is 5. The molecule has 0 amide bonds. The van der Waals surface area contributed by atoms with Gasteiger partial charge in [0.25, 0.3) is 0 Å². The van der Waals surface area contributed by atoms with Gasteiger partial charge in [0, 0.05) is 5.56 Å². The summed E-state index contributed by atoms with van der Waals surface area (Å²) in [7, 11) is 1.09. The fourth-order valence-electron chi connectivity index (χ4n) is 1.87. The third-order valence-corrected chi connectivity index (χ3v) is 3.04. The van der Waals surface area contributed by atoms with Gasteiger partial charge in [-0.15, -0.1) is 0 Å². The lowest BCUT2D eigenvalue weighted by Crippen LogP contribution is -2.12. The molecule has 0 atom stereocenters. The Balaban J connectivity index is 2.47. The predicted octanol–water partition coefficient (Wildman–Crippen LogP) is 4.07. The van der Waals surface area contributed by atoms with Gasteiger partial charge < -0.3 is 15.2 Å². The summed E-state index contributed by atoms with van der Waals surface area (Å²) >= 11 is 0. The summed E-state index contributed by atoms with van der Waals surface area (Å²) in [5.74, 6) is -3.48. The van der Waals surface area contributed by atoms with Gasteiger partial charge in [0.2, 0.25) is 11.6 Å². The molecule has 0 aliphatic rings. The summed E-state index contributed by atoms with van der Waals surface area (Å²) in [5, 5.41) is 0. The highest BCUT2D eigenvalue weighted by Crippen LogP contribution is 2.40. The maximum absolute atomic E-state index is 13.6. The van der Waals surface area contributed by atoms with Crippen LogP contribution in [0.15, 0.2) is 18.3 Å². The van der Waals surface area contributed by atoms with Gasteiger partial charge >= 0.3 is 6.18 Å². The first-order chi connectivity index (χ1) is 10.7. The van der Waals surface area contributed by atoms with E-state index in [1.54, 1.807) is 0 Å². The van der Waals surface area contributed by atoms with Crippen LogP contribution in [0.25, 0.3) is 0 Å². The minimum absolute atomic E-state index is 0.236. The van der Waals surface area contributed by atoms with Crippen molar-refractivity contribution in [2.24, 2.45) is 0 Å². The first-order valence-corrected chi connectivity index (χ1v) is 6.19. The SMILES string of the molecule is COc1c(Oc2cnc(C(F)(F)F)c(C)c2N)ccc(F)c1F. The van der Waals surface area contributed by atoms with Gasteiger partial charge in [0.05, 0.1) is 19.0 Å². The molecule has 4 nitrogen and oxygen atoms in total. The van der Waals surface area contributed by atoms with E-state index in [-0.39, 0.29) is 22.7 Å². The molecule has 0 bridgehead atoms. The number of hydrogen-bond donors (Lipinski definition) is 1. The molecule has 0 radical (unpaired) electrons. The van der Waals surface area contributed by atoms with Gasteiger partial charge in [-0.25, -0.2) is 9.37 Å². The third-order valence-electron chi connectivity index (χ3n) is 3.04. The minimum Gasteiger partial charge on any atom is -0.490 e. The zero-order valence-electron chi connectivity index (χ0n) is 12.0. The maximum Gasteiger partial charge on any atom is 0.433 e. The number of ether oxygens (including phenoxy) is 2. The van der Waals surface area contributed by atoms with Crippen molar-refractivity contribution in [3.8, 4) is 17.2 Å². The van der Waals surface area contributed by atoms with Crippen LogP contribution in [0, 0.1) is 18.6 Å². The summed E-state index contributed by atoms with van der Waals surface area (Å²) in [4.78, 5) is 3.26. The zero-order chi connectivity index (χ0) is 17.4. The summed E-state index contributed by atoms with van der Waals surface area (Å²) in [5.41, 5.74) is 3.80. The van der Waals surface area contributed by atoms with E-state index in [0.29, 0.717) is 0 Å². The lowest BCUT2D eigenvalue weighted by Gasteiger charge is -2.16. The van der Waals surface area contributed by atoms with E-state index in [0.717, 1.165) is 32.4 Å². The van der Waals surface area contributed by atoms with Crippen LogP contribution in [-0.4, -0.2) is 12.1 Å². The second kappa shape index (κ2) is 5.90. The van der Waals surface area contributed by atoms with Crippen molar-refractivity contribution in [2.45, 2.75) is 13.1 Å². The number of benzene rings is 1. The largest absolute Gasteiger partial charge is 0.490 e. The number of methoxy groups -OCH3 is 1. The van der Waals surface area contributed by atoms with E-state index in [9.17, 15) is 22.0 Å². The number of anilines is 1. The van der Waals surface area contributed by atoms with Crippen LogP contribution in [-0.2, 0) is 6.18 Å². The van der Waals surface area contributed by atoms with Crippen molar-refractivity contribution in [3.05, 3.63) is 41.2 Å². The van der Waals surface area contributed by atoms with Crippen LogP contribution in [0.4, 0.5) is 27.6 Å². The summed E-state index contributed by atoms with van der Waals surface area (Å²) in [6.07, 6.45) is -3.91. The number of nitrogens with two attached hydrogens (primary N) is 1. The van der Waals surface area contributed by atoms with Crippen molar-refractivity contribution >= 4 is 5.69 Å². The Morgan fingerprint density at radius 3 is 2.35 bits per heavy atom. The number of nitrogen functional groups attached to an aromatic ring is 1. The predicted molar refractivity (Wildman–Crippen MR) is 71.4 cm³/mol. The van der Waals surface area contributed by atoms with E-state index < -0.39 is 29.3 Å². The molecule has 0 spiro atoms. The fraction of sp³-hybridized carbons (Fsp3) is 0.214.